The van der Waals surface area contributed by atoms with E-state index in [9.17, 15) is 21.6 Å². The van der Waals surface area contributed by atoms with E-state index in [1.54, 1.807) is 36.4 Å². The molecule has 4 rings (SSSR count). The molecule has 0 saturated carbocycles. The maximum atomic E-state index is 14.8. The largest absolute Gasteiger partial charge is 0.489 e. The van der Waals surface area contributed by atoms with Gasteiger partial charge in [0, 0.05) is 23.6 Å². The van der Waals surface area contributed by atoms with Gasteiger partial charge in [0.2, 0.25) is 5.95 Å². The first-order valence-electron chi connectivity index (χ1n) is 10.4. The molecule has 0 radical (unpaired) electrons. The highest BCUT2D eigenvalue weighted by Crippen LogP contribution is 2.28. The van der Waals surface area contributed by atoms with E-state index in [2.05, 4.69) is 15.3 Å². The minimum atomic E-state index is -3.22. The van der Waals surface area contributed by atoms with Crippen molar-refractivity contribution in [2.24, 2.45) is 0 Å². The van der Waals surface area contributed by atoms with Crippen LogP contribution in [0.15, 0.2) is 72.9 Å². The van der Waals surface area contributed by atoms with Gasteiger partial charge in [-0.2, -0.15) is 0 Å². The van der Waals surface area contributed by atoms with Crippen LogP contribution in [0, 0.1) is 17.5 Å². The number of anilines is 2. The van der Waals surface area contributed by atoms with Gasteiger partial charge < -0.3 is 10.1 Å². The van der Waals surface area contributed by atoms with E-state index in [1.165, 1.54) is 24.3 Å². The van der Waals surface area contributed by atoms with Crippen LogP contribution in [0.4, 0.5) is 24.8 Å². The Morgan fingerprint density at radius 1 is 0.914 bits per heavy atom. The number of hydrogen-bond donors (Lipinski definition) is 1. The van der Waals surface area contributed by atoms with Crippen LogP contribution >= 0.6 is 0 Å². The second kappa shape index (κ2) is 10.1. The molecule has 0 spiro atoms. The third-order valence-electron chi connectivity index (χ3n) is 4.85. The Kier molecular flexibility index (Phi) is 7.02. The Hall–Kier alpha value is -3.92. The van der Waals surface area contributed by atoms with Crippen molar-refractivity contribution in [1.29, 1.82) is 0 Å². The molecule has 6 nitrogen and oxygen atoms in total. The van der Waals surface area contributed by atoms with E-state index in [0.717, 1.165) is 18.5 Å². The van der Waals surface area contributed by atoms with Gasteiger partial charge in [-0.15, -0.1) is 0 Å². The Morgan fingerprint density at radius 3 is 2.43 bits per heavy atom. The maximum Gasteiger partial charge on any atom is 0.227 e. The summed E-state index contributed by atoms with van der Waals surface area (Å²) in [6, 6.07) is 16.3. The molecular formula is C25H20F3N3O3S. The van der Waals surface area contributed by atoms with Crippen molar-refractivity contribution in [2.75, 3.05) is 11.6 Å². The van der Waals surface area contributed by atoms with Gasteiger partial charge >= 0.3 is 0 Å². The summed E-state index contributed by atoms with van der Waals surface area (Å²) in [6.07, 6.45) is 2.05. The molecule has 1 N–H and O–H groups in total. The number of ether oxygens (including phenoxy) is 1. The minimum absolute atomic E-state index is 0.00346. The number of rotatable bonds is 8. The van der Waals surface area contributed by atoms with Gasteiger partial charge in [0.05, 0.1) is 11.9 Å². The van der Waals surface area contributed by atoms with Crippen molar-refractivity contribution in [3.63, 3.8) is 0 Å². The van der Waals surface area contributed by atoms with Crippen LogP contribution in [0.5, 0.6) is 5.75 Å². The summed E-state index contributed by atoms with van der Waals surface area (Å²) in [5, 5.41) is 2.88. The summed E-state index contributed by atoms with van der Waals surface area (Å²) in [4.78, 5) is 7.99. The first kappa shape index (κ1) is 24.2. The Labute approximate surface area is 200 Å². The number of halogens is 3. The smallest absolute Gasteiger partial charge is 0.227 e. The Bertz CT molecular complexity index is 1480. The van der Waals surface area contributed by atoms with E-state index < -0.39 is 27.3 Å². The van der Waals surface area contributed by atoms with Crippen molar-refractivity contribution in [3.8, 4) is 17.0 Å². The second-order valence-corrected chi connectivity index (χ2v) is 9.99. The van der Waals surface area contributed by atoms with Crippen LogP contribution in [0.1, 0.15) is 11.1 Å². The number of hydrogen-bond acceptors (Lipinski definition) is 6. The lowest BCUT2D eigenvalue weighted by Gasteiger charge is -2.11. The fourth-order valence-corrected chi connectivity index (χ4v) is 4.14. The fraction of sp³-hybridized carbons (Fsp3) is 0.120. The number of aromatic nitrogens is 2. The third kappa shape index (κ3) is 6.57. The molecule has 35 heavy (non-hydrogen) atoms. The molecule has 4 aromatic rings. The van der Waals surface area contributed by atoms with E-state index >= 15 is 0 Å². The first-order chi connectivity index (χ1) is 16.7. The maximum absolute atomic E-state index is 14.8. The third-order valence-corrected chi connectivity index (χ3v) is 5.70. The summed E-state index contributed by atoms with van der Waals surface area (Å²) in [5.74, 6) is -1.95. The molecule has 0 aliphatic rings. The summed E-state index contributed by atoms with van der Waals surface area (Å²) in [6.45, 7) is 0.0326. The van der Waals surface area contributed by atoms with Crippen LogP contribution < -0.4 is 10.1 Å². The summed E-state index contributed by atoms with van der Waals surface area (Å²) in [5.41, 5.74) is 1.26. The van der Waals surface area contributed by atoms with E-state index in [4.69, 9.17) is 4.74 Å². The summed E-state index contributed by atoms with van der Waals surface area (Å²) >= 11 is 0. The van der Waals surface area contributed by atoms with E-state index in [1.807, 2.05) is 0 Å². The van der Waals surface area contributed by atoms with Gasteiger partial charge in [-0.3, -0.25) is 0 Å². The first-order valence-corrected chi connectivity index (χ1v) is 12.5. The highest BCUT2D eigenvalue weighted by atomic mass is 32.2. The van der Waals surface area contributed by atoms with Crippen molar-refractivity contribution in [3.05, 3.63) is 102 Å². The van der Waals surface area contributed by atoms with Crippen molar-refractivity contribution in [1.82, 2.24) is 9.97 Å². The lowest BCUT2D eigenvalue weighted by molar-refractivity contribution is 0.304. The van der Waals surface area contributed by atoms with Gasteiger partial charge in [0.25, 0.3) is 0 Å². The number of nitrogens with zero attached hydrogens (tertiary/aromatic N) is 2. The molecule has 0 amide bonds. The number of sulfone groups is 1. The average Bonchev–Trinajstić information content (AvgIpc) is 2.78. The van der Waals surface area contributed by atoms with Crippen LogP contribution in [0.2, 0.25) is 0 Å². The molecule has 0 bridgehead atoms. The molecule has 0 aliphatic carbocycles. The van der Waals surface area contributed by atoms with Gasteiger partial charge in [-0.25, -0.2) is 31.6 Å². The highest BCUT2D eigenvalue weighted by molar-refractivity contribution is 7.89. The molecule has 10 heteroatoms. The zero-order valence-corrected chi connectivity index (χ0v) is 19.3. The predicted octanol–water partition coefficient (Wildman–Crippen LogP) is 5.43. The predicted molar refractivity (Wildman–Crippen MR) is 126 cm³/mol. The van der Waals surface area contributed by atoms with Gasteiger partial charge in [-0.1, -0.05) is 24.3 Å². The fourth-order valence-electron chi connectivity index (χ4n) is 3.36. The Morgan fingerprint density at radius 2 is 1.69 bits per heavy atom. The van der Waals surface area contributed by atoms with Gasteiger partial charge in [0.15, 0.2) is 15.7 Å². The SMILES string of the molecule is CS(=O)(=O)Cc1cccc(Nc2ncc(F)c(-c3ccc(OCc4cccc(F)c4)cc3F)n2)c1. The molecule has 180 valence electrons. The molecule has 0 saturated heterocycles. The highest BCUT2D eigenvalue weighted by Gasteiger charge is 2.15. The van der Waals surface area contributed by atoms with E-state index in [-0.39, 0.29) is 35.3 Å². The molecular weight excluding hydrogens is 479 g/mol. The molecule has 1 heterocycles. The van der Waals surface area contributed by atoms with Crippen LogP contribution in [-0.2, 0) is 22.2 Å². The standard InChI is InChI=1S/C25H20F3N3O3S/c1-35(32,33)15-17-5-3-7-19(11-17)30-25-29-13-23(28)24(31-25)21-9-8-20(12-22(21)27)34-14-16-4-2-6-18(26)10-16/h2-13H,14-15H2,1H3,(H,29,30,31). The zero-order chi connectivity index (χ0) is 25.0. The Balaban J connectivity index is 1.53. The van der Waals surface area contributed by atoms with E-state index in [0.29, 0.717) is 16.8 Å². The molecule has 0 atom stereocenters. The summed E-state index contributed by atoms with van der Waals surface area (Å²) in [7, 11) is -3.22. The van der Waals surface area contributed by atoms with Crippen LogP contribution in [0.25, 0.3) is 11.3 Å². The quantitative estimate of drug-likeness (QED) is 0.348. The van der Waals surface area contributed by atoms with Crippen molar-refractivity contribution in [2.45, 2.75) is 12.4 Å². The summed E-state index contributed by atoms with van der Waals surface area (Å²) < 4.78 is 71.2. The zero-order valence-electron chi connectivity index (χ0n) is 18.5. The number of nitrogens with one attached hydrogen (secondary N) is 1. The second-order valence-electron chi connectivity index (χ2n) is 7.85. The lowest BCUT2D eigenvalue weighted by Crippen LogP contribution is -2.03. The lowest BCUT2D eigenvalue weighted by atomic mass is 10.1. The molecule has 3 aromatic carbocycles. The van der Waals surface area contributed by atoms with Crippen LogP contribution in [0.3, 0.4) is 0 Å². The monoisotopic (exact) mass is 499 g/mol. The number of benzene rings is 3. The normalized spacial score (nSPS) is 11.3. The molecule has 1 aromatic heterocycles. The molecule has 0 fully saturated rings. The molecule has 0 aliphatic heterocycles. The molecule has 0 unspecified atom stereocenters. The van der Waals surface area contributed by atoms with Crippen LogP contribution in [-0.4, -0.2) is 24.6 Å². The average molecular weight is 500 g/mol. The topological polar surface area (TPSA) is 81.2 Å². The van der Waals surface area contributed by atoms with Gasteiger partial charge in [0.1, 0.15) is 29.7 Å². The van der Waals surface area contributed by atoms with Crippen molar-refractivity contribution < 1.29 is 26.3 Å². The minimum Gasteiger partial charge on any atom is -0.489 e. The van der Waals surface area contributed by atoms with Gasteiger partial charge in [-0.05, 0) is 47.5 Å². The van der Waals surface area contributed by atoms with Crippen molar-refractivity contribution >= 4 is 21.5 Å².